The summed E-state index contributed by atoms with van der Waals surface area (Å²) in [6, 6.07) is 0.282. The number of hydrogen-bond acceptors (Lipinski definition) is 2. The fourth-order valence-corrected chi connectivity index (χ4v) is 1.60. The van der Waals surface area contributed by atoms with E-state index in [2.05, 4.69) is 22.9 Å². The third kappa shape index (κ3) is 3.91. The van der Waals surface area contributed by atoms with E-state index in [-0.39, 0.29) is 11.9 Å². The minimum Gasteiger partial charge on any atom is -0.363 e. The highest BCUT2D eigenvalue weighted by molar-refractivity contribution is 7.80. The molecule has 80 valence electrons. The number of carbonyl (C=O) groups is 1. The molecule has 5 heteroatoms. The standard InChI is InChI=1S/C9H17N3OS/c1-2-5-10-9(14)12-7-3-4-8(13)11-6-7/h7H,2-6H2,1H3,(H,11,13)(H2,10,12,14). The average molecular weight is 215 g/mol. The zero-order valence-electron chi connectivity index (χ0n) is 8.43. The van der Waals surface area contributed by atoms with Crippen LogP contribution < -0.4 is 16.0 Å². The highest BCUT2D eigenvalue weighted by atomic mass is 32.1. The average Bonchev–Trinajstić information content (AvgIpc) is 2.18. The number of hydrogen-bond donors (Lipinski definition) is 3. The maximum absolute atomic E-state index is 10.9. The van der Waals surface area contributed by atoms with Gasteiger partial charge in [0.2, 0.25) is 5.91 Å². The van der Waals surface area contributed by atoms with Crippen molar-refractivity contribution in [3.8, 4) is 0 Å². The summed E-state index contributed by atoms with van der Waals surface area (Å²) in [6.07, 6.45) is 2.51. The lowest BCUT2D eigenvalue weighted by atomic mass is 10.1. The van der Waals surface area contributed by atoms with Gasteiger partial charge in [-0.2, -0.15) is 0 Å². The van der Waals surface area contributed by atoms with Gasteiger partial charge in [0.05, 0.1) is 0 Å². The summed E-state index contributed by atoms with van der Waals surface area (Å²) in [5, 5.41) is 9.77. The van der Waals surface area contributed by atoms with E-state index in [1.54, 1.807) is 0 Å². The molecule has 1 atom stereocenters. The summed E-state index contributed by atoms with van der Waals surface area (Å²) >= 11 is 5.09. The Morgan fingerprint density at radius 1 is 1.71 bits per heavy atom. The molecular weight excluding hydrogens is 198 g/mol. The van der Waals surface area contributed by atoms with Gasteiger partial charge in [0, 0.05) is 25.6 Å². The maximum Gasteiger partial charge on any atom is 0.220 e. The van der Waals surface area contributed by atoms with Crippen molar-refractivity contribution in [3.05, 3.63) is 0 Å². The first-order valence-corrected chi connectivity index (χ1v) is 5.44. The van der Waals surface area contributed by atoms with Crippen LogP contribution in [-0.2, 0) is 4.79 Å². The molecule has 0 aromatic rings. The molecule has 1 aliphatic heterocycles. The number of nitrogens with one attached hydrogen (secondary N) is 3. The summed E-state index contributed by atoms with van der Waals surface area (Å²) in [4.78, 5) is 10.9. The molecule has 1 rings (SSSR count). The first-order valence-electron chi connectivity index (χ1n) is 5.03. The van der Waals surface area contributed by atoms with E-state index < -0.39 is 0 Å². The second-order valence-corrected chi connectivity index (χ2v) is 3.85. The Morgan fingerprint density at radius 2 is 2.50 bits per heavy atom. The Hall–Kier alpha value is -0.840. The van der Waals surface area contributed by atoms with Crippen molar-refractivity contribution in [1.82, 2.24) is 16.0 Å². The van der Waals surface area contributed by atoms with E-state index in [0.29, 0.717) is 18.1 Å². The molecule has 1 aliphatic rings. The van der Waals surface area contributed by atoms with Gasteiger partial charge in [-0.3, -0.25) is 4.79 Å². The molecule has 1 unspecified atom stereocenters. The fourth-order valence-electron chi connectivity index (χ4n) is 1.33. The van der Waals surface area contributed by atoms with Crippen LogP contribution in [0.4, 0.5) is 0 Å². The largest absolute Gasteiger partial charge is 0.363 e. The lowest BCUT2D eigenvalue weighted by Crippen LogP contribution is -2.50. The van der Waals surface area contributed by atoms with Gasteiger partial charge in [-0.25, -0.2) is 0 Å². The van der Waals surface area contributed by atoms with Crippen molar-refractivity contribution < 1.29 is 4.79 Å². The first-order chi connectivity index (χ1) is 6.72. The Balaban J connectivity index is 2.17. The van der Waals surface area contributed by atoms with Crippen molar-refractivity contribution in [2.45, 2.75) is 32.2 Å². The van der Waals surface area contributed by atoms with E-state index in [0.717, 1.165) is 19.4 Å². The van der Waals surface area contributed by atoms with Gasteiger partial charge in [-0.1, -0.05) is 6.92 Å². The minimum absolute atomic E-state index is 0.135. The highest BCUT2D eigenvalue weighted by Crippen LogP contribution is 2.01. The number of carbonyl (C=O) groups excluding carboxylic acids is 1. The molecule has 0 saturated carbocycles. The summed E-state index contributed by atoms with van der Waals surface area (Å²) in [5.74, 6) is 0.135. The molecule has 3 N–H and O–H groups in total. The zero-order valence-corrected chi connectivity index (χ0v) is 9.25. The van der Waals surface area contributed by atoms with Gasteiger partial charge >= 0.3 is 0 Å². The second-order valence-electron chi connectivity index (χ2n) is 3.44. The van der Waals surface area contributed by atoms with Crippen LogP contribution in [0.3, 0.4) is 0 Å². The van der Waals surface area contributed by atoms with Crippen LogP contribution in [0.25, 0.3) is 0 Å². The van der Waals surface area contributed by atoms with Crippen LogP contribution in [-0.4, -0.2) is 30.2 Å². The van der Waals surface area contributed by atoms with Gasteiger partial charge in [0.25, 0.3) is 0 Å². The van der Waals surface area contributed by atoms with E-state index in [9.17, 15) is 4.79 Å². The Kier molecular flexibility index (Phi) is 4.65. The number of piperidine rings is 1. The smallest absolute Gasteiger partial charge is 0.220 e. The van der Waals surface area contributed by atoms with Crippen LogP contribution in [0.15, 0.2) is 0 Å². The van der Waals surface area contributed by atoms with Crippen molar-refractivity contribution in [3.63, 3.8) is 0 Å². The van der Waals surface area contributed by atoms with Crippen LogP contribution >= 0.6 is 12.2 Å². The van der Waals surface area contributed by atoms with Gasteiger partial charge < -0.3 is 16.0 Å². The second kappa shape index (κ2) is 5.80. The zero-order chi connectivity index (χ0) is 10.4. The molecular formula is C9H17N3OS. The molecule has 0 aromatic heterocycles. The van der Waals surface area contributed by atoms with Gasteiger partial charge in [0.1, 0.15) is 0 Å². The molecule has 0 aliphatic carbocycles. The normalized spacial score (nSPS) is 21.2. The van der Waals surface area contributed by atoms with Crippen molar-refractivity contribution in [2.24, 2.45) is 0 Å². The van der Waals surface area contributed by atoms with Crippen molar-refractivity contribution in [1.29, 1.82) is 0 Å². The topological polar surface area (TPSA) is 53.2 Å². The Morgan fingerprint density at radius 3 is 3.07 bits per heavy atom. The fraction of sp³-hybridized carbons (Fsp3) is 0.778. The predicted octanol–water partition coefficient (Wildman–Crippen LogP) is 0.139. The number of rotatable bonds is 3. The van der Waals surface area contributed by atoms with E-state index in [1.165, 1.54) is 0 Å². The van der Waals surface area contributed by atoms with E-state index in [4.69, 9.17) is 12.2 Å². The Bertz CT molecular complexity index is 210. The highest BCUT2D eigenvalue weighted by Gasteiger charge is 2.17. The first kappa shape index (κ1) is 11.2. The van der Waals surface area contributed by atoms with Crippen molar-refractivity contribution >= 4 is 23.2 Å². The number of thiocarbonyl (C=S) groups is 1. The number of amides is 1. The lowest BCUT2D eigenvalue weighted by molar-refractivity contribution is -0.122. The van der Waals surface area contributed by atoms with Gasteiger partial charge in [-0.15, -0.1) is 0 Å². The van der Waals surface area contributed by atoms with Crippen LogP contribution in [0.1, 0.15) is 26.2 Å². The van der Waals surface area contributed by atoms with E-state index >= 15 is 0 Å². The van der Waals surface area contributed by atoms with Crippen LogP contribution in [0.5, 0.6) is 0 Å². The monoisotopic (exact) mass is 215 g/mol. The Labute approximate surface area is 89.8 Å². The third-order valence-corrected chi connectivity index (χ3v) is 2.40. The molecule has 14 heavy (non-hydrogen) atoms. The quantitative estimate of drug-likeness (QED) is 0.586. The molecule has 1 heterocycles. The lowest BCUT2D eigenvalue weighted by Gasteiger charge is -2.24. The SMILES string of the molecule is CCCNC(=S)NC1CCC(=O)NC1. The molecule has 0 radical (unpaired) electrons. The summed E-state index contributed by atoms with van der Waals surface area (Å²) < 4.78 is 0. The summed E-state index contributed by atoms with van der Waals surface area (Å²) in [5.41, 5.74) is 0. The van der Waals surface area contributed by atoms with Gasteiger partial charge in [-0.05, 0) is 25.1 Å². The summed E-state index contributed by atoms with van der Waals surface area (Å²) in [6.45, 7) is 3.66. The molecule has 1 amide bonds. The van der Waals surface area contributed by atoms with Crippen LogP contribution in [0.2, 0.25) is 0 Å². The molecule has 4 nitrogen and oxygen atoms in total. The van der Waals surface area contributed by atoms with Crippen molar-refractivity contribution in [2.75, 3.05) is 13.1 Å². The molecule has 0 bridgehead atoms. The van der Waals surface area contributed by atoms with Gasteiger partial charge in [0.15, 0.2) is 5.11 Å². The molecule has 1 fully saturated rings. The summed E-state index contributed by atoms with van der Waals surface area (Å²) in [7, 11) is 0. The van der Waals surface area contributed by atoms with E-state index in [1.807, 2.05) is 0 Å². The third-order valence-electron chi connectivity index (χ3n) is 2.14. The molecule has 0 aromatic carbocycles. The maximum atomic E-state index is 10.9. The minimum atomic E-state index is 0.135. The molecule has 0 spiro atoms. The predicted molar refractivity (Wildman–Crippen MR) is 60.1 cm³/mol. The van der Waals surface area contributed by atoms with Crippen LogP contribution in [0, 0.1) is 0 Å². The molecule has 1 saturated heterocycles.